The molecule has 80 valence electrons. The average Bonchev–Trinajstić information content (AvgIpc) is 2.46. The Labute approximate surface area is 87.6 Å². The van der Waals surface area contributed by atoms with Crippen molar-refractivity contribution in [1.29, 1.82) is 0 Å². The van der Waals surface area contributed by atoms with Crippen LogP contribution >= 0.6 is 0 Å². The fourth-order valence-electron chi connectivity index (χ4n) is 3.53. The van der Waals surface area contributed by atoms with E-state index in [9.17, 15) is 14.4 Å². The molecular formula is C11H13NO3. The summed E-state index contributed by atoms with van der Waals surface area (Å²) >= 11 is 0. The zero-order chi connectivity index (χ0) is 10.7. The van der Waals surface area contributed by atoms with Crippen LogP contribution in [0.25, 0.3) is 0 Å². The highest BCUT2D eigenvalue weighted by atomic mass is 16.2. The molecule has 2 unspecified atom stereocenters. The smallest absolute Gasteiger partial charge is 0.233 e. The molecule has 2 bridgehead atoms. The van der Waals surface area contributed by atoms with Crippen molar-refractivity contribution in [2.75, 3.05) is 7.05 Å². The van der Waals surface area contributed by atoms with Crippen molar-refractivity contribution in [2.45, 2.75) is 19.3 Å². The second-order valence-corrected chi connectivity index (χ2v) is 4.90. The Hall–Kier alpha value is -1.19. The third kappa shape index (κ3) is 0.945. The molecule has 0 aromatic carbocycles. The van der Waals surface area contributed by atoms with Crippen LogP contribution in [0.3, 0.4) is 0 Å². The quantitative estimate of drug-likeness (QED) is 0.534. The van der Waals surface area contributed by atoms with Crippen molar-refractivity contribution in [3.8, 4) is 0 Å². The predicted molar refractivity (Wildman–Crippen MR) is 50.6 cm³/mol. The molecule has 2 amide bonds. The van der Waals surface area contributed by atoms with Crippen LogP contribution < -0.4 is 0 Å². The molecule has 3 aliphatic carbocycles. The van der Waals surface area contributed by atoms with Crippen LogP contribution in [0.1, 0.15) is 19.3 Å². The fraction of sp³-hybridized carbons (Fsp3) is 0.727. The number of rotatable bonds is 0. The molecule has 4 heteroatoms. The van der Waals surface area contributed by atoms with Crippen molar-refractivity contribution in [3.05, 3.63) is 0 Å². The van der Waals surface area contributed by atoms with Gasteiger partial charge in [-0.05, 0) is 18.8 Å². The summed E-state index contributed by atoms with van der Waals surface area (Å²) in [4.78, 5) is 36.6. The monoisotopic (exact) mass is 207 g/mol. The minimum atomic E-state index is -0.317. The number of nitrogens with zero attached hydrogens (tertiary/aromatic N) is 1. The van der Waals surface area contributed by atoms with Crippen molar-refractivity contribution in [2.24, 2.45) is 23.7 Å². The first-order valence-corrected chi connectivity index (χ1v) is 5.45. The Morgan fingerprint density at radius 3 is 2.40 bits per heavy atom. The van der Waals surface area contributed by atoms with Gasteiger partial charge in [0.1, 0.15) is 5.78 Å². The van der Waals surface area contributed by atoms with Crippen molar-refractivity contribution >= 4 is 17.6 Å². The van der Waals surface area contributed by atoms with E-state index in [0.717, 1.165) is 12.8 Å². The minimum absolute atomic E-state index is 0.0628. The Balaban J connectivity index is 2.06. The Kier molecular flexibility index (Phi) is 1.62. The SMILES string of the molecule is CN1C(=O)[C@@H]2C3CCC(CC3=O)[C@@H]2C1=O. The predicted octanol–water partition coefficient (Wildman–Crippen LogP) is 0.216. The lowest BCUT2D eigenvalue weighted by molar-refractivity contribution is -0.144. The van der Waals surface area contributed by atoms with Gasteiger partial charge >= 0.3 is 0 Å². The molecule has 0 aromatic rings. The van der Waals surface area contributed by atoms with Gasteiger partial charge in [-0.3, -0.25) is 19.3 Å². The number of imide groups is 1. The van der Waals surface area contributed by atoms with E-state index in [1.54, 1.807) is 0 Å². The van der Waals surface area contributed by atoms with Crippen molar-refractivity contribution in [1.82, 2.24) is 4.90 Å². The average molecular weight is 207 g/mol. The van der Waals surface area contributed by atoms with Crippen LogP contribution in [0, 0.1) is 23.7 Å². The highest BCUT2D eigenvalue weighted by Crippen LogP contribution is 2.50. The molecule has 1 aliphatic heterocycles. The summed E-state index contributed by atoms with van der Waals surface area (Å²) in [7, 11) is 1.53. The molecule has 0 N–H and O–H groups in total. The summed E-state index contributed by atoms with van der Waals surface area (Å²) in [6, 6.07) is 0. The maximum absolute atomic E-state index is 11.8. The van der Waals surface area contributed by atoms with E-state index in [4.69, 9.17) is 0 Å². The summed E-state index contributed by atoms with van der Waals surface area (Å²) < 4.78 is 0. The molecule has 0 radical (unpaired) electrons. The molecule has 0 spiro atoms. The molecule has 4 fully saturated rings. The van der Waals surface area contributed by atoms with Crippen molar-refractivity contribution < 1.29 is 14.4 Å². The summed E-state index contributed by atoms with van der Waals surface area (Å²) in [6.07, 6.45) is 2.25. The van der Waals surface area contributed by atoms with Gasteiger partial charge in [0.25, 0.3) is 0 Å². The topological polar surface area (TPSA) is 54.5 Å². The molecule has 4 atom stereocenters. The third-order valence-electron chi connectivity index (χ3n) is 4.29. The molecular weight excluding hydrogens is 194 g/mol. The van der Waals surface area contributed by atoms with Crippen LogP contribution in [0.4, 0.5) is 0 Å². The number of hydrogen-bond acceptors (Lipinski definition) is 3. The van der Waals surface area contributed by atoms with E-state index in [2.05, 4.69) is 0 Å². The highest BCUT2D eigenvalue weighted by molar-refractivity contribution is 6.08. The first-order valence-electron chi connectivity index (χ1n) is 5.45. The van der Waals surface area contributed by atoms with E-state index in [1.165, 1.54) is 11.9 Å². The van der Waals surface area contributed by atoms with Crippen LogP contribution in [0.15, 0.2) is 0 Å². The van der Waals surface area contributed by atoms with E-state index >= 15 is 0 Å². The lowest BCUT2D eigenvalue weighted by atomic mass is 9.59. The number of fused-ring (bicyclic) bond motifs is 2. The number of hydrogen-bond donors (Lipinski definition) is 0. The van der Waals surface area contributed by atoms with E-state index in [1.807, 2.05) is 0 Å². The number of likely N-dealkylation sites (tertiary alicyclic amines) is 1. The molecule has 1 heterocycles. The summed E-state index contributed by atoms with van der Waals surface area (Å²) in [6.45, 7) is 0. The number of carbonyl (C=O) groups is 3. The molecule has 4 nitrogen and oxygen atoms in total. The molecule has 15 heavy (non-hydrogen) atoms. The van der Waals surface area contributed by atoms with Crippen LogP contribution in [-0.4, -0.2) is 29.5 Å². The maximum Gasteiger partial charge on any atom is 0.233 e. The van der Waals surface area contributed by atoms with Gasteiger partial charge in [-0.1, -0.05) is 0 Å². The van der Waals surface area contributed by atoms with E-state index in [-0.39, 0.29) is 41.3 Å². The van der Waals surface area contributed by atoms with Gasteiger partial charge in [0, 0.05) is 19.4 Å². The Bertz CT molecular complexity index is 376. The molecule has 4 aliphatic rings. The van der Waals surface area contributed by atoms with E-state index < -0.39 is 0 Å². The standard InChI is InChI=1S/C11H13NO3/c1-12-10(14)8-5-2-3-6(7(13)4-5)9(8)11(12)15/h5-6,8-9H,2-4H2,1H3/t5?,6?,8-,9+/m0/s1. The zero-order valence-electron chi connectivity index (χ0n) is 8.60. The second-order valence-electron chi connectivity index (χ2n) is 4.90. The lowest BCUT2D eigenvalue weighted by Gasteiger charge is -2.41. The largest absolute Gasteiger partial charge is 0.299 e. The van der Waals surface area contributed by atoms with E-state index in [0.29, 0.717) is 6.42 Å². The van der Waals surface area contributed by atoms with Crippen LogP contribution in [0.2, 0.25) is 0 Å². The van der Waals surface area contributed by atoms with Gasteiger partial charge in [0.05, 0.1) is 11.8 Å². The van der Waals surface area contributed by atoms with Gasteiger partial charge in [0.2, 0.25) is 11.8 Å². The number of amides is 2. The van der Waals surface area contributed by atoms with Crippen LogP contribution in [0.5, 0.6) is 0 Å². The Morgan fingerprint density at radius 2 is 1.73 bits per heavy atom. The fourth-order valence-corrected chi connectivity index (χ4v) is 3.53. The van der Waals surface area contributed by atoms with Gasteiger partial charge in [-0.15, -0.1) is 0 Å². The summed E-state index contributed by atoms with van der Waals surface area (Å²) in [5.41, 5.74) is 0. The third-order valence-corrected chi connectivity index (χ3v) is 4.29. The summed E-state index contributed by atoms with van der Waals surface area (Å²) in [5.74, 6) is -0.527. The van der Waals surface area contributed by atoms with Crippen LogP contribution in [-0.2, 0) is 14.4 Å². The normalized spacial score (nSPS) is 43.8. The van der Waals surface area contributed by atoms with Gasteiger partial charge in [-0.2, -0.15) is 0 Å². The number of ketones is 1. The molecule has 3 saturated carbocycles. The maximum atomic E-state index is 11.8. The Morgan fingerprint density at radius 1 is 1.07 bits per heavy atom. The molecule has 1 saturated heterocycles. The number of carbonyl (C=O) groups excluding carboxylic acids is 3. The summed E-state index contributed by atoms with van der Waals surface area (Å²) in [5, 5.41) is 0. The zero-order valence-corrected chi connectivity index (χ0v) is 8.60. The van der Waals surface area contributed by atoms with Crippen molar-refractivity contribution in [3.63, 3.8) is 0 Å². The van der Waals surface area contributed by atoms with Gasteiger partial charge in [0.15, 0.2) is 0 Å². The minimum Gasteiger partial charge on any atom is -0.299 e. The first kappa shape index (κ1) is 9.07. The number of Topliss-reactive ketones (excluding diaryl/α,β-unsaturated/α-hetero) is 1. The molecule has 0 aromatic heterocycles. The highest BCUT2D eigenvalue weighted by Gasteiger charge is 2.59. The second kappa shape index (κ2) is 2.68. The van der Waals surface area contributed by atoms with Gasteiger partial charge in [-0.25, -0.2) is 0 Å². The first-order chi connectivity index (χ1) is 7.11. The van der Waals surface area contributed by atoms with Gasteiger partial charge < -0.3 is 0 Å². The lowest BCUT2D eigenvalue weighted by Crippen LogP contribution is -2.46. The molecule has 4 rings (SSSR count).